The monoisotopic (exact) mass is 368 g/mol. The van der Waals surface area contributed by atoms with Gasteiger partial charge in [0.15, 0.2) is 0 Å². The molecule has 0 aliphatic carbocycles. The van der Waals surface area contributed by atoms with Crippen LogP contribution in [0.25, 0.3) is 0 Å². The fourth-order valence-electron chi connectivity index (χ4n) is 2.47. The van der Waals surface area contributed by atoms with E-state index in [1.807, 2.05) is 0 Å². The topological polar surface area (TPSA) is 89.7 Å². The van der Waals surface area contributed by atoms with Gasteiger partial charge in [0.05, 0.1) is 19.2 Å². The van der Waals surface area contributed by atoms with Gasteiger partial charge in [0, 0.05) is 22.9 Å². The highest BCUT2D eigenvalue weighted by Gasteiger charge is 2.34. The summed E-state index contributed by atoms with van der Waals surface area (Å²) in [4.78, 5) is 36.1. The number of aldehydes is 1. The fraction of sp³-hybridized carbons (Fsp3) is 0.400. The molecule has 1 aromatic carbocycles. The zero-order chi connectivity index (χ0) is 16.1. The summed E-state index contributed by atoms with van der Waals surface area (Å²) in [6.07, 6.45) is 0.984. The van der Waals surface area contributed by atoms with Crippen LogP contribution in [0.4, 0.5) is 0 Å². The van der Waals surface area contributed by atoms with Crippen LogP contribution < -0.4 is 10.5 Å². The van der Waals surface area contributed by atoms with Crippen LogP contribution in [0.1, 0.15) is 28.8 Å². The molecule has 1 unspecified atom stereocenters. The highest BCUT2D eigenvalue weighted by molar-refractivity contribution is 9.09. The first-order valence-corrected chi connectivity index (χ1v) is 8.05. The maximum absolute atomic E-state index is 12.5. The van der Waals surface area contributed by atoms with E-state index in [1.165, 1.54) is 4.90 Å². The molecule has 6 nitrogen and oxygen atoms in total. The second-order valence-corrected chi connectivity index (χ2v) is 5.75. The highest BCUT2D eigenvalue weighted by atomic mass is 79.9. The third-order valence-electron chi connectivity index (χ3n) is 3.53. The Labute approximate surface area is 136 Å². The zero-order valence-corrected chi connectivity index (χ0v) is 13.5. The molecule has 2 amide bonds. The molecule has 0 saturated carbocycles. The predicted molar refractivity (Wildman–Crippen MR) is 83.9 cm³/mol. The SMILES string of the molecule is NC(=O)CCC(C=O)N1Cc2c(OCCBr)cccc2C1=O. The summed E-state index contributed by atoms with van der Waals surface area (Å²) in [6, 6.07) is 4.62. The smallest absolute Gasteiger partial charge is 0.255 e. The van der Waals surface area contributed by atoms with Gasteiger partial charge < -0.3 is 20.2 Å². The number of fused-ring (bicyclic) bond motifs is 1. The molecule has 22 heavy (non-hydrogen) atoms. The van der Waals surface area contributed by atoms with Gasteiger partial charge in [-0.05, 0) is 18.6 Å². The molecule has 1 aliphatic heterocycles. The van der Waals surface area contributed by atoms with E-state index in [4.69, 9.17) is 10.5 Å². The van der Waals surface area contributed by atoms with Crippen molar-refractivity contribution in [3.63, 3.8) is 0 Å². The Morgan fingerprint density at radius 2 is 2.27 bits per heavy atom. The summed E-state index contributed by atoms with van der Waals surface area (Å²) in [6.45, 7) is 0.790. The lowest BCUT2D eigenvalue weighted by Crippen LogP contribution is -2.37. The van der Waals surface area contributed by atoms with Crippen LogP contribution in [0.2, 0.25) is 0 Å². The second-order valence-electron chi connectivity index (χ2n) is 4.96. The molecule has 0 saturated heterocycles. The molecule has 0 fully saturated rings. The summed E-state index contributed by atoms with van der Waals surface area (Å²) in [5.41, 5.74) is 6.43. The number of halogens is 1. The highest BCUT2D eigenvalue weighted by Crippen LogP contribution is 2.32. The number of carbonyl (C=O) groups is 3. The Morgan fingerprint density at radius 1 is 1.50 bits per heavy atom. The normalized spacial score (nSPS) is 14.6. The molecule has 1 heterocycles. The van der Waals surface area contributed by atoms with E-state index in [9.17, 15) is 14.4 Å². The number of benzene rings is 1. The Balaban J connectivity index is 2.19. The molecule has 1 aliphatic rings. The lowest BCUT2D eigenvalue weighted by atomic mass is 10.1. The van der Waals surface area contributed by atoms with Crippen LogP contribution >= 0.6 is 15.9 Å². The van der Waals surface area contributed by atoms with Crippen molar-refractivity contribution < 1.29 is 19.1 Å². The van der Waals surface area contributed by atoms with Crippen molar-refractivity contribution in [3.05, 3.63) is 29.3 Å². The van der Waals surface area contributed by atoms with Gasteiger partial charge in [-0.1, -0.05) is 22.0 Å². The fourth-order valence-corrected chi connectivity index (χ4v) is 2.63. The number of hydrogen-bond acceptors (Lipinski definition) is 4. The van der Waals surface area contributed by atoms with Crippen LogP contribution in [0.3, 0.4) is 0 Å². The largest absolute Gasteiger partial charge is 0.492 e. The Hall–Kier alpha value is -1.89. The maximum atomic E-state index is 12.5. The average Bonchev–Trinajstić information content (AvgIpc) is 2.84. The van der Waals surface area contributed by atoms with E-state index in [1.54, 1.807) is 18.2 Å². The van der Waals surface area contributed by atoms with Crippen molar-refractivity contribution in [2.45, 2.75) is 25.4 Å². The second kappa shape index (κ2) is 7.40. The standard InChI is InChI=1S/C15H17BrN2O4/c16-6-7-22-13-3-1-2-11-12(13)8-18(15(11)21)10(9-19)4-5-14(17)20/h1-3,9-10H,4-8H2,(H2,17,20). The van der Waals surface area contributed by atoms with Gasteiger partial charge in [-0.15, -0.1) is 0 Å². The van der Waals surface area contributed by atoms with Crippen LogP contribution in [0, 0.1) is 0 Å². The Bertz CT molecular complexity index is 591. The van der Waals surface area contributed by atoms with Crippen molar-refractivity contribution in [2.24, 2.45) is 5.73 Å². The lowest BCUT2D eigenvalue weighted by Gasteiger charge is -2.22. The third-order valence-corrected chi connectivity index (χ3v) is 3.86. The van der Waals surface area contributed by atoms with Gasteiger partial charge in [-0.3, -0.25) is 9.59 Å². The molecule has 118 valence electrons. The van der Waals surface area contributed by atoms with E-state index < -0.39 is 11.9 Å². The van der Waals surface area contributed by atoms with E-state index in [0.29, 0.717) is 36.1 Å². The van der Waals surface area contributed by atoms with Crippen LogP contribution in [-0.2, 0) is 16.1 Å². The molecular formula is C15H17BrN2O4. The minimum Gasteiger partial charge on any atom is -0.492 e. The molecule has 2 N–H and O–H groups in total. The molecule has 1 atom stereocenters. The number of carbonyl (C=O) groups excluding carboxylic acids is 3. The lowest BCUT2D eigenvalue weighted by molar-refractivity contribution is -0.118. The molecule has 0 radical (unpaired) electrons. The number of alkyl halides is 1. The Kier molecular flexibility index (Phi) is 5.54. The average molecular weight is 369 g/mol. The Morgan fingerprint density at radius 3 is 2.91 bits per heavy atom. The first-order chi connectivity index (χ1) is 10.6. The van der Waals surface area contributed by atoms with Gasteiger partial charge in [0.2, 0.25) is 5.91 Å². The van der Waals surface area contributed by atoms with E-state index in [2.05, 4.69) is 15.9 Å². The van der Waals surface area contributed by atoms with Gasteiger partial charge in [0.25, 0.3) is 5.91 Å². The van der Waals surface area contributed by atoms with Gasteiger partial charge in [0.1, 0.15) is 12.0 Å². The van der Waals surface area contributed by atoms with E-state index in [0.717, 1.165) is 5.56 Å². The molecule has 2 rings (SSSR count). The minimum absolute atomic E-state index is 0.0659. The first-order valence-electron chi connectivity index (χ1n) is 6.93. The van der Waals surface area contributed by atoms with Crippen molar-refractivity contribution in [1.82, 2.24) is 4.90 Å². The number of primary amides is 1. The predicted octanol–water partition coefficient (Wildman–Crippen LogP) is 1.25. The first kappa shape index (κ1) is 16.5. The number of nitrogens with zero attached hydrogens (tertiary/aromatic N) is 1. The van der Waals surface area contributed by atoms with Crippen molar-refractivity contribution in [3.8, 4) is 5.75 Å². The number of amides is 2. The number of ether oxygens (including phenoxy) is 1. The summed E-state index contributed by atoms with van der Waals surface area (Å²) in [5, 5.41) is 0.684. The van der Waals surface area contributed by atoms with Crippen molar-refractivity contribution >= 4 is 34.0 Å². The summed E-state index contributed by atoms with van der Waals surface area (Å²) in [7, 11) is 0. The molecule has 1 aromatic rings. The minimum atomic E-state index is -0.656. The van der Waals surface area contributed by atoms with Crippen LogP contribution in [0.15, 0.2) is 18.2 Å². The molecule has 0 aromatic heterocycles. The van der Waals surface area contributed by atoms with Gasteiger partial charge in [-0.2, -0.15) is 0 Å². The summed E-state index contributed by atoms with van der Waals surface area (Å²) < 4.78 is 5.62. The number of hydrogen-bond donors (Lipinski definition) is 1. The van der Waals surface area contributed by atoms with Crippen LogP contribution in [-0.4, -0.2) is 41.0 Å². The third kappa shape index (κ3) is 3.47. The molecule has 7 heteroatoms. The summed E-state index contributed by atoms with van der Waals surface area (Å²) in [5.74, 6) is -0.0643. The number of rotatable bonds is 8. The van der Waals surface area contributed by atoms with Crippen molar-refractivity contribution in [1.29, 1.82) is 0 Å². The molecular weight excluding hydrogens is 352 g/mol. The van der Waals surface area contributed by atoms with Crippen LogP contribution in [0.5, 0.6) is 5.75 Å². The van der Waals surface area contributed by atoms with Gasteiger partial charge >= 0.3 is 0 Å². The van der Waals surface area contributed by atoms with Gasteiger partial charge in [-0.25, -0.2) is 0 Å². The molecule has 0 spiro atoms. The molecule has 0 bridgehead atoms. The zero-order valence-electron chi connectivity index (χ0n) is 12.0. The number of nitrogens with two attached hydrogens (primary N) is 1. The maximum Gasteiger partial charge on any atom is 0.255 e. The van der Waals surface area contributed by atoms with E-state index >= 15 is 0 Å². The van der Waals surface area contributed by atoms with Crippen molar-refractivity contribution in [2.75, 3.05) is 11.9 Å². The summed E-state index contributed by atoms with van der Waals surface area (Å²) >= 11 is 3.29. The quantitative estimate of drug-likeness (QED) is 0.552. The van der Waals surface area contributed by atoms with E-state index in [-0.39, 0.29) is 18.7 Å².